The Morgan fingerprint density at radius 2 is 2.40 bits per heavy atom. The second kappa shape index (κ2) is 7.50. The summed E-state index contributed by atoms with van der Waals surface area (Å²) in [5.41, 5.74) is 0.655. The number of carbonyl (C=O) groups excluding carboxylic acids is 1. The van der Waals surface area contributed by atoms with E-state index in [9.17, 15) is 4.79 Å². The van der Waals surface area contributed by atoms with Crippen molar-refractivity contribution in [1.82, 2.24) is 5.32 Å². The zero-order valence-corrected chi connectivity index (χ0v) is 12.5. The number of hydrogen-bond acceptors (Lipinski definition) is 3. The minimum atomic E-state index is 0.0160. The van der Waals surface area contributed by atoms with Gasteiger partial charge in [0.1, 0.15) is 5.75 Å². The van der Waals surface area contributed by atoms with Gasteiger partial charge in [0.2, 0.25) is 5.91 Å². The number of rotatable bonds is 6. The van der Waals surface area contributed by atoms with Crippen LogP contribution in [0.2, 0.25) is 5.02 Å². The average molecular weight is 297 g/mol. The molecular formula is C15H21ClN2O2. The second-order valence-electron chi connectivity index (χ2n) is 5.10. The zero-order chi connectivity index (χ0) is 14.4. The van der Waals surface area contributed by atoms with Gasteiger partial charge in [0.25, 0.3) is 0 Å². The monoisotopic (exact) mass is 296 g/mol. The van der Waals surface area contributed by atoms with Gasteiger partial charge < -0.3 is 15.4 Å². The van der Waals surface area contributed by atoms with Crippen LogP contribution in [0.3, 0.4) is 0 Å². The summed E-state index contributed by atoms with van der Waals surface area (Å²) in [6, 6.07) is 5.30. The third-order valence-corrected chi connectivity index (χ3v) is 3.55. The molecule has 0 spiro atoms. The van der Waals surface area contributed by atoms with E-state index in [1.807, 2.05) is 6.92 Å². The number of hydrogen-bond donors (Lipinski definition) is 2. The maximum atomic E-state index is 12.1. The molecule has 2 rings (SSSR count). The van der Waals surface area contributed by atoms with Gasteiger partial charge in [-0.05, 0) is 50.0 Å². The Morgan fingerprint density at radius 3 is 3.10 bits per heavy atom. The molecule has 1 aliphatic heterocycles. The van der Waals surface area contributed by atoms with Crippen LogP contribution in [-0.2, 0) is 4.79 Å². The highest BCUT2D eigenvalue weighted by molar-refractivity contribution is 6.31. The lowest BCUT2D eigenvalue weighted by Crippen LogP contribution is -2.18. The molecule has 1 saturated heterocycles. The Balaban J connectivity index is 1.98. The van der Waals surface area contributed by atoms with Crippen LogP contribution in [0.4, 0.5) is 5.69 Å². The van der Waals surface area contributed by atoms with Gasteiger partial charge in [-0.1, -0.05) is 18.5 Å². The Kier molecular flexibility index (Phi) is 5.68. The lowest BCUT2D eigenvalue weighted by molar-refractivity contribution is -0.117. The van der Waals surface area contributed by atoms with E-state index in [0.29, 0.717) is 35.4 Å². The van der Waals surface area contributed by atoms with Crippen molar-refractivity contribution < 1.29 is 9.53 Å². The van der Waals surface area contributed by atoms with Crippen molar-refractivity contribution in [3.8, 4) is 5.75 Å². The molecular weight excluding hydrogens is 276 g/mol. The Labute approximate surface area is 124 Å². The van der Waals surface area contributed by atoms with E-state index in [0.717, 1.165) is 25.9 Å². The molecule has 0 bridgehead atoms. The van der Waals surface area contributed by atoms with Gasteiger partial charge in [0, 0.05) is 11.4 Å². The third kappa shape index (κ3) is 4.39. The van der Waals surface area contributed by atoms with Crippen LogP contribution in [0, 0.1) is 5.92 Å². The molecule has 1 unspecified atom stereocenters. The molecule has 2 N–H and O–H groups in total. The lowest BCUT2D eigenvalue weighted by atomic mass is 10.0. The number of ether oxygens (including phenoxy) is 1. The van der Waals surface area contributed by atoms with Crippen molar-refractivity contribution in [2.45, 2.75) is 26.2 Å². The fraction of sp³-hybridized carbons (Fsp3) is 0.533. The van der Waals surface area contributed by atoms with E-state index < -0.39 is 0 Å². The summed E-state index contributed by atoms with van der Waals surface area (Å²) in [5, 5.41) is 6.76. The number of carbonyl (C=O) groups is 1. The maximum Gasteiger partial charge on any atom is 0.224 e. The minimum absolute atomic E-state index is 0.0160. The molecule has 5 heteroatoms. The fourth-order valence-electron chi connectivity index (χ4n) is 2.29. The highest BCUT2D eigenvalue weighted by Gasteiger charge is 2.18. The largest absolute Gasteiger partial charge is 0.491 e. The summed E-state index contributed by atoms with van der Waals surface area (Å²) >= 11 is 5.99. The van der Waals surface area contributed by atoms with Gasteiger partial charge in [-0.15, -0.1) is 0 Å². The summed E-state index contributed by atoms with van der Waals surface area (Å²) in [6.45, 7) is 4.58. The summed E-state index contributed by atoms with van der Waals surface area (Å²) in [7, 11) is 0. The number of amides is 1. The van der Waals surface area contributed by atoms with Crippen LogP contribution >= 0.6 is 11.6 Å². The topological polar surface area (TPSA) is 50.4 Å². The van der Waals surface area contributed by atoms with Crippen LogP contribution in [0.1, 0.15) is 26.2 Å². The number of nitrogens with one attached hydrogen (secondary N) is 2. The number of halogens is 1. The summed E-state index contributed by atoms with van der Waals surface area (Å²) in [5.74, 6) is 1.12. The predicted molar refractivity (Wildman–Crippen MR) is 81.5 cm³/mol. The van der Waals surface area contributed by atoms with Gasteiger partial charge in [-0.25, -0.2) is 0 Å². The SMILES string of the molecule is CCCOc1ccc(Cl)cc1NC(=O)CC1CCNC1. The standard InChI is InChI=1S/C15H21ClN2O2/c1-2-7-20-14-4-3-12(16)9-13(14)18-15(19)8-11-5-6-17-10-11/h3-4,9,11,17H,2,5-8,10H2,1H3,(H,18,19). The normalized spacial score (nSPS) is 18.0. The first-order valence-electron chi connectivity index (χ1n) is 7.12. The van der Waals surface area contributed by atoms with Crippen LogP contribution in [0.25, 0.3) is 0 Å². The third-order valence-electron chi connectivity index (χ3n) is 3.31. The second-order valence-corrected chi connectivity index (χ2v) is 5.54. The van der Waals surface area contributed by atoms with Gasteiger partial charge in [0.15, 0.2) is 0 Å². The van der Waals surface area contributed by atoms with Crippen LogP contribution in [0.5, 0.6) is 5.75 Å². The van der Waals surface area contributed by atoms with Crippen molar-refractivity contribution in [1.29, 1.82) is 0 Å². The van der Waals surface area contributed by atoms with Gasteiger partial charge >= 0.3 is 0 Å². The van der Waals surface area contributed by atoms with Gasteiger partial charge in [-0.2, -0.15) is 0 Å². The van der Waals surface area contributed by atoms with Gasteiger partial charge in [0.05, 0.1) is 12.3 Å². The van der Waals surface area contributed by atoms with Crippen LogP contribution < -0.4 is 15.4 Å². The Hall–Kier alpha value is -1.26. The van der Waals surface area contributed by atoms with E-state index in [-0.39, 0.29) is 5.91 Å². The van der Waals surface area contributed by atoms with Crippen molar-refractivity contribution in [3.05, 3.63) is 23.2 Å². The first-order valence-corrected chi connectivity index (χ1v) is 7.49. The Bertz CT molecular complexity index is 459. The molecule has 1 fully saturated rings. The van der Waals surface area contributed by atoms with E-state index >= 15 is 0 Å². The fourth-order valence-corrected chi connectivity index (χ4v) is 2.46. The van der Waals surface area contributed by atoms with Crippen molar-refractivity contribution in [2.24, 2.45) is 5.92 Å². The molecule has 0 saturated carbocycles. The maximum absolute atomic E-state index is 12.1. The predicted octanol–water partition coefficient (Wildman–Crippen LogP) is 3.07. The summed E-state index contributed by atoms with van der Waals surface area (Å²) in [4.78, 5) is 12.1. The van der Waals surface area contributed by atoms with E-state index in [1.165, 1.54) is 0 Å². The molecule has 1 aromatic rings. The number of benzene rings is 1. The first-order chi connectivity index (χ1) is 9.69. The van der Waals surface area contributed by atoms with Crippen molar-refractivity contribution in [2.75, 3.05) is 25.0 Å². The molecule has 0 radical (unpaired) electrons. The molecule has 1 heterocycles. The molecule has 1 atom stereocenters. The van der Waals surface area contributed by atoms with Crippen LogP contribution in [0.15, 0.2) is 18.2 Å². The highest BCUT2D eigenvalue weighted by Crippen LogP contribution is 2.28. The van der Waals surface area contributed by atoms with Crippen molar-refractivity contribution in [3.63, 3.8) is 0 Å². The molecule has 1 amide bonds. The molecule has 0 aliphatic carbocycles. The molecule has 0 aromatic heterocycles. The molecule has 1 aliphatic rings. The minimum Gasteiger partial charge on any atom is -0.491 e. The molecule has 20 heavy (non-hydrogen) atoms. The molecule has 4 nitrogen and oxygen atoms in total. The zero-order valence-electron chi connectivity index (χ0n) is 11.7. The highest BCUT2D eigenvalue weighted by atomic mass is 35.5. The van der Waals surface area contributed by atoms with Crippen LogP contribution in [-0.4, -0.2) is 25.6 Å². The number of anilines is 1. The van der Waals surface area contributed by atoms with E-state index in [2.05, 4.69) is 10.6 Å². The van der Waals surface area contributed by atoms with Crippen molar-refractivity contribution >= 4 is 23.2 Å². The van der Waals surface area contributed by atoms with E-state index in [1.54, 1.807) is 18.2 Å². The average Bonchev–Trinajstić information content (AvgIpc) is 2.90. The summed E-state index contributed by atoms with van der Waals surface area (Å²) < 4.78 is 5.63. The quantitative estimate of drug-likeness (QED) is 0.848. The first kappa shape index (κ1) is 15.1. The van der Waals surface area contributed by atoms with Gasteiger partial charge in [-0.3, -0.25) is 4.79 Å². The van der Waals surface area contributed by atoms with E-state index in [4.69, 9.17) is 16.3 Å². The Morgan fingerprint density at radius 1 is 1.55 bits per heavy atom. The molecule has 110 valence electrons. The lowest BCUT2D eigenvalue weighted by Gasteiger charge is -2.14. The molecule has 1 aromatic carbocycles. The smallest absolute Gasteiger partial charge is 0.224 e. The summed E-state index contributed by atoms with van der Waals surface area (Å²) in [6.07, 6.45) is 2.51.